The van der Waals surface area contributed by atoms with Gasteiger partial charge in [-0.1, -0.05) is 25.1 Å². The van der Waals surface area contributed by atoms with Crippen molar-refractivity contribution in [2.24, 2.45) is 5.92 Å². The summed E-state index contributed by atoms with van der Waals surface area (Å²) in [7, 11) is 0. The minimum Gasteiger partial charge on any atom is -0.491 e. The Morgan fingerprint density at radius 3 is 3.04 bits per heavy atom. The van der Waals surface area contributed by atoms with Gasteiger partial charge >= 0.3 is 0 Å². The van der Waals surface area contributed by atoms with Gasteiger partial charge in [0, 0.05) is 21.3 Å². The highest BCUT2D eigenvalue weighted by atomic mass is 32.2. The van der Waals surface area contributed by atoms with Gasteiger partial charge in [0.15, 0.2) is 0 Å². The molecule has 6 heteroatoms. The molecule has 0 saturated heterocycles. The lowest BCUT2D eigenvalue weighted by Gasteiger charge is -2.19. The number of ether oxygens (including phenoxy) is 1. The molecule has 2 atom stereocenters. The second-order valence-corrected chi connectivity index (χ2v) is 8.37. The minimum atomic E-state index is -0.344. The fraction of sp³-hybridized carbons (Fsp3) is 0.368. The van der Waals surface area contributed by atoms with Gasteiger partial charge in [0.05, 0.1) is 11.7 Å². The number of halogens is 1. The Balaban J connectivity index is 1.43. The molecule has 0 radical (unpaired) electrons. The summed E-state index contributed by atoms with van der Waals surface area (Å²) in [5, 5.41) is 3.59. The first kappa shape index (κ1) is 18.4. The maximum absolute atomic E-state index is 13.5. The van der Waals surface area contributed by atoms with Gasteiger partial charge in [-0.25, -0.2) is 4.39 Å². The van der Waals surface area contributed by atoms with Gasteiger partial charge in [-0.3, -0.25) is 0 Å². The maximum atomic E-state index is 13.5. The molecule has 3 rings (SSSR count). The first-order valence-corrected chi connectivity index (χ1v) is 10.4. The van der Waals surface area contributed by atoms with Crippen LogP contribution in [0.25, 0.3) is 0 Å². The van der Waals surface area contributed by atoms with Crippen LogP contribution in [0.4, 0.5) is 10.1 Å². The number of rotatable bonds is 6. The number of benzene rings is 2. The number of thioether (sulfide) groups is 2. The highest BCUT2D eigenvalue weighted by molar-refractivity contribution is 7.99. The van der Waals surface area contributed by atoms with Crippen LogP contribution in [0, 0.1) is 11.7 Å². The molecule has 3 N–H and O–H groups in total. The van der Waals surface area contributed by atoms with Crippen molar-refractivity contribution in [3.8, 4) is 5.75 Å². The third kappa shape index (κ3) is 5.06. The van der Waals surface area contributed by atoms with Crippen LogP contribution in [-0.2, 0) is 0 Å². The van der Waals surface area contributed by atoms with Crippen molar-refractivity contribution in [2.75, 3.05) is 30.4 Å². The highest BCUT2D eigenvalue weighted by Crippen LogP contribution is 2.32. The van der Waals surface area contributed by atoms with Crippen LogP contribution >= 0.6 is 23.5 Å². The van der Waals surface area contributed by atoms with E-state index in [2.05, 4.69) is 18.3 Å². The molecule has 1 aliphatic rings. The Morgan fingerprint density at radius 1 is 1.32 bits per heavy atom. The molecule has 0 bridgehead atoms. The zero-order chi connectivity index (χ0) is 17.6. The molecule has 25 heavy (non-hydrogen) atoms. The van der Waals surface area contributed by atoms with Crippen molar-refractivity contribution in [3.63, 3.8) is 0 Å². The number of hydrogen-bond donors (Lipinski definition) is 2. The van der Waals surface area contributed by atoms with Crippen LogP contribution in [0.1, 0.15) is 6.92 Å². The largest absolute Gasteiger partial charge is 0.491 e. The number of nitrogen functional groups attached to an aromatic ring is 1. The van der Waals surface area contributed by atoms with E-state index in [0.29, 0.717) is 18.6 Å². The molecule has 1 aliphatic heterocycles. The third-order valence-electron chi connectivity index (χ3n) is 4.02. The van der Waals surface area contributed by atoms with E-state index in [0.717, 1.165) is 28.7 Å². The standard InChI is InChI=1S/C19H23FN2OS2/c1-13(11-24-18-8-4-5-15(20)19(18)21)9-22-14-10-23-16-6-2-3-7-17(16)25-12-14/h2-8,13-14,22H,9-12,21H2,1H3/t13-,14+/m0/s1. The average Bonchev–Trinajstić information content (AvgIpc) is 2.84. The summed E-state index contributed by atoms with van der Waals surface area (Å²) in [6.07, 6.45) is 0. The molecule has 134 valence electrons. The molecule has 0 spiro atoms. The van der Waals surface area contributed by atoms with Crippen LogP contribution < -0.4 is 15.8 Å². The molecule has 0 aromatic heterocycles. The fourth-order valence-electron chi connectivity index (χ4n) is 2.54. The van der Waals surface area contributed by atoms with Crippen LogP contribution in [-0.4, -0.2) is 30.7 Å². The van der Waals surface area contributed by atoms with Gasteiger partial charge in [0.2, 0.25) is 0 Å². The quantitative estimate of drug-likeness (QED) is 0.580. The SMILES string of the molecule is C[C@@H](CN[C@@H]1COc2ccccc2SC1)CSc1cccc(F)c1N. The van der Waals surface area contributed by atoms with Gasteiger partial charge in [-0.2, -0.15) is 0 Å². The molecule has 2 aromatic rings. The zero-order valence-electron chi connectivity index (χ0n) is 14.2. The Labute approximate surface area is 156 Å². The number of para-hydroxylation sites is 2. The number of anilines is 1. The predicted octanol–water partition coefficient (Wildman–Crippen LogP) is 4.28. The first-order valence-electron chi connectivity index (χ1n) is 8.38. The molecule has 0 fully saturated rings. The second kappa shape index (κ2) is 8.83. The Kier molecular flexibility index (Phi) is 6.51. The van der Waals surface area contributed by atoms with Crippen LogP contribution in [0.5, 0.6) is 5.75 Å². The van der Waals surface area contributed by atoms with Gasteiger partial charge in [0.25, 0.3) is 0 Å². The van der Waals surface area contributed by atoms with Gasteiger partial charge < -0.3 is 15.8 Å². The Bertz CT molecular complexity index is 687. The van der Waals surface area contributed by atoms with Crippen LogP contribution in [0.2, 0.25) is 0 Å². The summed E-state index contributed by atoms with van der Waals surface area (Å²) in [5.74, 6) is 2.96. The van der Waals surface area contributed by atoms with E-state index < -0.39 is 0 Å². The summed E-state index contributed by atoms with van der Waals surface area (Å²) in [4.78, 5) is 2.02. The molecule has 3 nitrogen and oxygen atoms in total. The minimum absolute atomic E-state index is 0.249. The van der Waals surface area contributed by atoms with Crippen LogP contribution in [0.15, 0.2) is 52.3 Å². The molecule has 1 heterocycles. The Hall–Kier alpha value is -1.37. The van der Waals surface area contributed by atoms with Crippen molar-refractivity contribution >= 4 is 29.2 Å². The van der Waals surface area contributed by atoms with Crippen LogP contribution in [0.3, 0.4) is 0 Å². The first-order chi connectivity index (χ1) is 12.1. The average molecular weight is 379 g/mol. The summed E-state index contributed by atoms with van der Waals surface area (Å²) in [5.41, 5.74) is 6.04. The van der Waals surface area contributed by atoms with Gasteiger partial charge in [-0.15, -0.1) is 23.5 Å². The molecular weight excluding hydrogens is 355 g/mol. The topological polar surface area (TPSA) is 47.3 Å². The second-order valence-electron chi connectivity index (χ2n) is 6.24. The summed E-state index contributed by atoms with van der Waals surface area (Å²) in [6, 6.07) is 13.5. The van der Waals surface area contributed by atoms with Crippen molar-refractivity contribution in [3.05, 3.63) is 48.3 Å². The smallest absolute Gasteiger partial charge is 0.147 e. The number of nitrogens with one attached hydrogen (secondary N) is 1. The van der Waals surface area contributed by atoms with Gasteiger partial charge in [-0.05, 0) is 36.7 Å². The number of nitrogens with two attached hydrogens (primary N) is 1. The van der Waals surface area contributed by atoms with E-state index in [1.165, 1.54) is 11.0 Å². The van der Waals surface area contributed by atoms with Gasteiger partial charge in [0.1, 0.15) is 18.2 Å². The summed E-state index contributed by atoms with van der Waals surface area (Å²) < 4.78 is 19.4. The monoisotopic (exact) mass is 378 g/mol. The molecule has 0 saturated carbocycles. The molecular formula is C19H23FN2OS2. The van der Waals surface area contributed by atoms with Crippen molar-refractivity contribution < 1.29 is 9.13 Å². The van der Waals surface area contributed by atoms with E-state index in [1.54, 1.807) is 17.8 Å². The molecule has 0 amide bonds. The van der Waals surface area contributed by atoms with Crippen molar-refractivity contribution in [2.45, 2.75) is 22.8 Å². The summed E-state index contributed by atoms with van der Waals surface area (Å²) in [6.45, 7) is 3.77. The molecule has 2 aromatic carbocycles. The van der Waals surface area contributed by atoms with Crippen molar-refractivity contribution in [1.82, 2.24) is 5.32 Å². The van der Waals surface area contributed by atoms with E-state index in [4.69, 9.17) is 10.5 Å². The normalized spacial score (nSPS) is 18.1. The Morgan fingerprint density at radius 2 is 2.16 bits per heavy atom. The highest BCUT2D eigenvalue weighted by Gasteiger charge is 2.18. The number of fused-ring (bicyclic) bond motifs is 1. The third-order valence-corrected chi connectivity index (χ3v) is 6.64. The lowest BCUT2D eigenvalue weighted by molar-refractivity contribution is 0.270. The predicted molar refractivity (Wildman–Crippen MR) is 105 cm³/mol. The zero-order valence-corrected chi connectivity index (χ0v) is 15.8. The van der Waals surface area contributed by atoms with Crippen molar-refractivity contribution in [1.29, 1.82) is 0 Å². The lowest BCUT2D eigenvalue weighted by Crippen LogP contribution is -2.39. The van der Waals surface area contributed by atoms with E-state index in [-0.39, 0.29) is 11.5 Å². The van der Waals surface area contributed by atoms with E-state index in [1.807, 2.05) is 36.0 Å². The number of hydrogen-bond acceptors (Lipinski definition) is 5. The molecule has 0 unspecified atom stereocenters. The lowest BCUT2D eigenvalue weighted by atomic mass is 10.2. The van der Waals surface area contributed by atoms with E-state index in [9.17, 15) is 4.39 Å². The maximum Gasteiger partial charge on any atom is 0.147 e. The molecule has 0 aliphatic carbocycles. The van der Waals surface area contributed by atoms with E-state index >= 15 is 0 Å². The fourth-order valence-corrected chi connectivity index (χ4v) is 4.59. The summed E-state index contributed by atoms with van der Waals surface area (Å²) >= 11 is 3.44.